The second-order valence-electron chi connectivity index (χ2n) is 1.60. The van der Waals surface area contributed by atoms with Crippen LogP contribution < -0.4 is 0 Å². The average molecular weight is 248 g/mol. The second-order valence-corrected chi connectivity index (χ2v) is 2.76. The van der Waals surface area contributed by atoms with Crippen molar-refractivity contribution < 1.29 is 4.39 Å². The largest absolute Gasteiger partial charge is 0.242 e. The summed E-state index contributed by atoms with van der Waals surface area (Å²) in [6.07, 6.45) is 1.04. The summed E-state index contributed by atoms with van der Waals surface area (Å²) >= 11 is 1.81. The molecule has 0 N–H and O–H groups in total. The molecule has 1 aromatic rings. The minimum absolute atomic E-state index is 0.241. The summed E-state index contributed by atoms with van der Waals surface area (Å²) in [5, 5.41) is 8.31. The summed E-state index contributed by atoms with van der Waals surface area (Å²) in [5.74, 6) is -0.389. The van der Waals surface area contributed by atoms with E-state index in [1.165, 1.54) is 6.07 Å². The highest BCUT2D eigenvalue weighted by Gasteiger charge is 1.99. The lowest BCUT2D eigenvalue weighted by Crippen LogP contribution is -1.87. The van der Waals surface area contributed by atoms with Gasteiger partial charge in [0.15, 0.2) is 5.82 Å². The van der Waals surface area contributed by atoms with E-state index in [0.717, 1.165) is 6.20 Å². The molecular weight excluding hydrogens is 246 g/mol. The predicted molar refractivity (Wildman–Crippen MR) is 41.6 cm³/mol. The van der Waals surface area contributed by atoms with Gasteiger partial charge >= 0.3 is 0 Å². The van der Waals surface area contributed by atoms with E-state index in [9.17, 15) is 4.39 Å². The van der Waals surface area contributed by atoms with Crippen LogP contribution in [0.4, 0.5) is 4.39 Å². The molecule has 0 saturated heterocycles. The maximum atomic E-state index is 12.5. The van der Waals surface area contributed by atoms with Gasteiger partial charge in [0.25, 0.3) is 0 Å². The van der Waals surface area contributed by atoms with Gasteiger partial charge < -0.3 is 0 Å². The van der Waals surface area contributed by atoms with Crippen molar-refractivity contribution in [1.29, 1.82) is 5.26 Å². The SMILES string of the molecule is N#Cc1cc(I)c(F)cn1. The third-order valence-electron chi connectivity index (χ3n) is 0.923. The maximum Gasteiger partial charge on any atom is 0.154 e. The third-order valence-corrected chi connectivity index (χ3v) is 1.75. The molecule has 50 valence electrons. The van der Waals surface area contributed by atoms with Crippen molar-refractivity contribution >= 4 is 22.6 Å². The molecule has 2 nitrogen and oxygen atoms in total. The molecule has 1 rings (SSSR count). The normalized spacial score (nSPS) is 8.90. The number of rotatable bonds is 0. The van der Waals surface area contributed by atoms with Gasteiger partial charge in [-0.25, -0.2) is 9.37 Å². The van der Waals surface area contributed by atoms with Crippen molar-refractivity contribution in [2.45, 2.75) is 0 Å². The van der Waals surface area contributed by atoms with Crippen molar-refractivity contribution in [1.82, 2.24) is 4.98 Å². The van der Waals surface area contributed by atoms with Gasteiger partial charge in [0.1, 0.15) is 11.8 Å². The van der Waals surface area contributed by atoms with Crippen molar-refractivity contribution in [3.8, 4) is 6.07 Å². The summed E-state index contributed by atoms with van der Waals surface area (Å²) < 4.78 is 12.9. The molecule has 0 amide bonds. The van der Waals surface area contributed by atoms with Crippen LogP contribution in [0.3, 0.4) is 0 Å². The molecule has 0 aliphatic carbocycles. The Bertz CT molecular complexity index is 292. The quantitative estimate of drug-likeness (QED) is 0.655. The number of hydrogen-bond donors (Lipinski definition) is 0. The zero-order chi connectivity index (χ0) is 7.56. The Morgan fingerprint density at radius 2 is 2.40 bits per heavy atom. The fourth-order valence-corrected chi connectivity index (χ4v) is 0.910. The number of hydrogen-bond acceptors (Lipinski definition) is 2. The summed E-state index contributed by atoms with van der Waals surface area (Å²) in [7, 11) is 0. The van der Waals surface area contributed by atoms with Gasteiger partial charge in [0.2, 0.25) is 0 Å². The van der Waals surface area contributed by atoms with Gasteiger partial charge in [-0.05, 0) is 28.7 Å². The van der Waals surface area contributed by atoms with E-state index in [1.54, 1.807) is 0 Å². The van der Waals surface area contributed by atoms with Crippen LogP contribution in [-0.4, -0.2) is 4.98 Å². The van der Waals surface area contributed by atoms with Crippen molar-refractivity contribution in [3.63, 3.8) is 0 Å². The summed E-state index contributed by atoms with van der Waals surface area (Å²) in [6.45, 7) is 0. The highest BCUT2D eigenvalue weighted by Crippen LogP contribution is 2.09. The number of halogens is 2. The van der Waals surface area contributed by atoms with Crippen molar-refractivity contribution in [2.24, 2.45) is 0 Å². The topological polar surface area (TPSA) is 36.7 Å². The molecule has 0 aliphatic rings. The standard InChI is InChI=1S/C6H2FIN2/c7-5-3-10-4(2-9)1-6(5)8/h1,3H. The Kier molecular flexibility index (Phi) is 2.17. The smallest absolute Gasteiger partial charge is 0.154 e. The summed E-state index contributed by atoms with van der Waals surface area (Å²) in [4.78, 5) is 3.52. The van der Waals surface area contributed by atoms with Crippen LogP contribution in [0.5, 0.6) is 0 Å². The van der Waals surface area contributed by atoms with Crippen LogP contribution in [0.15, 0.2) is 12.3 Å². The van der Waals surface area contributed by atoms with Crippen LogP contribution in [0.1, 0.15) is 5.69 Å². The Morgan fingerprint density at radius 1 is 1.70 bits per heavy atom. The average Bonchev–Trinajstić information content (AvgIpc) is 1.95. The molecule has 4 heteroatoms. The molecule has 0 radical (unpaired) electrons. The fourth-order valence-electron chi connectivity index (χ4n) is 0.475. The third kappa shape index (κ3) is 1.42. The van der Waals surface area contributed by atoms with Gasteiger partial charge in [-0.15, -0.1) is 0 Å². The van der Waals surface area contributed by atoms with Crippen LogP contribution in [0, 0.1) is 20.7 Å². The molecule has 0 aliphatic heterocycles. The van der Waals surface area contributed by atoms with E-state index < -0.39 is 0 Å². The first-order valence-corrected chi connectivity index (χ1v) is 3.53. The van der Waals surface area contributed by atoms with Crippen molar-refractivity contribution in [3.05, 3.63) is 27.3 Å². The van der Waals surface area contributed by atoms with Crippen LogP contribution in [0.2, 0.25) is 0 Å². The van der Waals surface area contributed by atoms with Gasteiger partial charge in [-0.3, -0.25) is 0 Å². The molecule has 0 aromatic carbocycles. The summed E-state index contributed by atoms with van der Waals surface area (Å²) in [6, 6.07) is 3.21. The molecule has 1 aromatic heterocycles. The highest BCUT2D eigenvalue weighted by molar-refractivity contribution is 14.1. The van der Waals surface area contributed by atoms with Crippen LogP contribution in [0.25, 0.3) is 0 Å². The molecule has 10 heavy (non-hydrogen) atoms. The Morgan fingerprint density at radius 3 is 2.90 bits per heavy atom. The lowest BCUT2D eigenvalue weighted by molar-refractivity contribution is 0.613. The second kappa shape index (κ2) is 2.92. The lowest BCUT2D eigenvalue weighted by Gasteiger charge is -1.90. The fraction of sp³-hybridized carbons (Fsp3) is 0. The number of nitriles is 1. The number of aromatic nitrogens is 1. The molecule has 1 heterocycles. The molecule has 0 atom stereocenters. The monoisotopic (exact) mass is 248 g/mol. The van der Waals surface area contributed by atoms with Gasteiger partial charge in [-0.2, -0.15) is 5.26 Å². The van der Waals surface area contributed by atoms with E-state index in [2.05, 4.69) is 4.98 Å². The van der Waals surface area contributed by atoms with E-state index in [0.29, 0.717) is 3.57 Å². The molecular formula is C6H2FIN2. The van der Waals surface area contributed by atoms with Crippen molar-refractivity contribution in [2.75, 3.05) is 0 Å². The highest BCUT2D eigenvalue weighted by atomic mass is 127. The molecule has 0 spiro atoms. The number of nitrogens with zero attached hydrogens (tertiary/aromatic N) is 2. The molecule has 0 bridgehead atoms. The first kappa shape index (κ1) is 7.41. The first-order chi connectivity index (χ1) is 4.74. The zero-order valence-electron chi connectivity index (χ0n) is 4.81. The van der Waals surface area contributed by atoms with E-state index >= 15 is 0 Å². The summed E-state index contributed by atoms with van der Waals surface area (Å²) in [5.41, 5.74) is 0.241. The van der Waals surface area contributed by atoms with E-state index in [1.807, 2.05) is 28.7 Å². The van der Waals surface area contributed by atoms with Crippen LogP contribution >= 0.6 is 22.6 Å². The van der Waals surface area contributed by atoms with Gasteiger partial charge in [0.05, 0.1) is 9.77 Å². The maximum absolute atomic E-state index is 12.5. The molecule has 0 saturated carbocycles. The minimum Gasteiger partial charge on any atom is -0.242 e. The Hall–Kier alpha value is -0.700. The Labute approximate surface area is 70.8 Å². The van der Waals surface area contributed by atoms with Gasteiger partial charge in [-0.1, -0.05) is 0 Å². The Balaban J connectivity index is 3.20. The van der Waals surface area contributed by atoms with E-state index in [-0.39, 0.29) is 11.5 Å². The first-order valence-electron chi connectivity index (χ1n) is 2.45. The molecule has 0 fully saturated rings. The minimum atomic E-state index is -0.389. The van der Waals surface area contributed by atoms with Crippen LogP contribution in [-0.2, 0) is 0 Å². The number of pyridine rings is 1. The zero-order valence-corrected chi connectivity index (χ0v) is 6.96. The molecule has 0 unspecified atom stereocenters. The predicted octanol–water partition coefficient (Wildman–Crippen LogP) is 1.70. The lowest BCUT2D eigenvalue weighted by atomic mass is 10.4. The van der Waals surface area contributed by atoms with Gasteiger partial charge in [0, 0.05) is 0 Å². The van der Waals surface area contributed by atoms with E-state index in [4.69, 9.17) is 5.26 Å².